The summed E-state index contributed by atoms with van der Waals surface area (Å²) in [6.45, 7) is 2.11. The lowest BCUT2D eigenvalue weighted by molar-refractivity contribution is -0.116. The van der Waals surface area contributed by atoms with E-state index in [9.17, 15) is 9.59 Å². The van der Waals surface area contributed by atoms with Gasteiger partial charge in [0.15, 0.2) is 0 Å². The molecule has 0 bridgehead atoms. The van der Waals surface area contributed by atoms with Gasteiger partial charge in [0.25, 0.3) is 0 Å². The number of carboxylic acids is 1. The second-order valence-electron chi connectivity index (χ2n) is 4.36. The minimum Gasteiger partial charge on any atom is -0.478 e. The number of unbranched alkanes of at least 4 members (excludes halogenated alkanes) is 3. The zero-order chi connectivity index (χ0) is 14.3. The van der Waals surface area contributed by atoms with E-state index in [0.717, 1.165) is 25.7 Å². The Hall–Kier alpha value is -1.55. The Labute approximate surface area is 117 Å². The predicted molar refractivity (Wildman–Crippen MR) is 75.8 cm³/mol. The number of carbonyl (C=O) groups excluding carboxylic acids is 1. The van der Waals surface area contributed by atoms with Gasteiger partial charge in [-0.05, 0) is 24.6 Å². The van der Waals surface area contributed by atoms with E-state index in [1.54, 1.807) is 6.07 Å². The van der Waals surface area contributed by atoms with Crippen LogP contribution in [0, 0.1) is 0 Å². The molecule has 104 valence electrons. The van der Waals surface area contributed by atoms with Gasteiger partial charge in [0.2, 0.25) is 5.91 Å². The van der Waals surface area contributed by atoms with Gasteiger partial charge in [-0.15, -0.1) is 0 Å². The van der Waals surface area contributed by atoms with Gasteiger partial charge in [-0.25, -0.2) is 4.79 Å². The molecular formula is C14H18ClNO3. The highest BCUT2D eigenvalue weighted by Crippen LogP contribution is 2.20. The molecule has 1 rings (SSSR count). The summed E-state index contributed by atoms with van der Waals surface area (Å²) in [5.41, 5.74) is 0.452. The summed E-state index contributed by atoms with van der Waals surface area (Å²) in [6.07, 6.45) is 4.58. The van der Waals surface area contributed by atoms with Crippen molar-refractivity contribution < 1.29 is 14.7 Å². The molecule has 1 aromatic carbocycles. The Morgan fingerprint density at radius 3 is 2.63 bits per heavy atom. The van der Waals surface area contributed by atoms with E-state index in [1.807, 2.05) is 0 Å². The van der Waals surface area contributed by atoms with Gasteiger partial charge in [-0.1, -0.05) is 37.8 Å². The van der Waals surface area contributed by atoms with E-state index in [-0.39, 0.29) is 16.5 Å². The standard InChI is InChI=1S/C14H18ClNO3/c1-2-3-4-5-6-13(17)16-10-7-8-12(15)11(9-10)14(18)19/h7-9H,2-6H2,1H3,(H,16,17)(H,18,19). The number of aromatic carboxylic acids is 1. The lowest BCUT2D eigenvalue weighted by atomic mass is 10.1. The van der Waals surface area contributed by atoms with Crippen molar-refractivity contribution >= 4 is 29.2 Å². The molecule has 0 aromatic heterocycles. The van der Waals surface area contributed by atoms with Gasteiger partial charge in [0.05, 0.1) is 10.6 Å². The van der Waals surface area contributed by atoms with Gasteiger partial charge in [-0.3, -0.25) is 4.79 Å². The van der Waals surface area contributed by atoms with E-state index < -0.39 is 5.97 Å². The van der Waals surface area contributed by atoms with Crippen LogP contribution < -0.4 is 5.32 Å². The zero-order valence-corrected chi connectivity index (χ0v) is 11.7. The smallest absolute Gasteiger partial charge is 0.337 e. The number of benzene rings is 1. The van der Waals surface area contributed by atoms with E-state index in [1.165, 1.54) is 12.1 Å². The maximum absolute atomic E-state index is 11.7. The van der Waals surface area contributed by atoms with Crippen LogP contribution in [-0.2, 0) is 4.79 Å². The number of nitrogens with one attached hydrogen (secondary N) is 1. The number of hydrogen-bond acceptors (Lipinski definition) is 2. The Bertz CT molecular complexity index is 460. The van der Waals surface area contributed by atoms with Crippen molar-refractivity contribution in [3.63, 3.8) is 0 Å². The fourth-order valence-electron chi connectivity index (χ4n) is 1.70. The fraction of sp³-hybridized carbons (Fsp3) is 0.429. The fourth-order valence-corrected chi connectivity index (χ4v) is 1.90. The van der Waals surface area contributed by atoms with Gasteiger partial charge >= 0.3 is 5.97 Å². The molecule has 1 amide bonds. The second kappa shape index (κ2) is 7.79. The van der Waals surface area contributed by atoms with E-state index in [2.05, 4.69) is 12.2 Å². The first kappa shape index (κ1) is 15.5. The number of carboxylic acid groups (broad SMARTS) is 1. The molecule has 0 aliphatic heterocycles. The van der Waals surface area contributed by atoms with Crippen LogP contribution in [0.3, 0.4) is 0 Å². The highest BCUT2D eigenvalue weighted by Gasteiger charge is 2.10. The van der Waals surface area contributed by atoms with E-state index >= 15 is 0 Å². The minimum absolute atomic E-state index is 0.00884. The highest BCUT2D eigenvalue weighted by atomic mass is 35.5. The quantitative estimate of drug-likeness (QED) is 0.745. The average molecular weight is 284 g/mol. The van der Waals surface area contributed by atoms with Gasteiger partial charge in [0.1, 0.15) is 0 Å². The van der Waals surface area contributed by atoms with Crippen LogP contribution in [0.4, 0.5) is 5.69 Å². The third kappa shape index (κ3) is 5.30. The lowest BCUT2D eigenvalue weighted by Crippen LogP contribution is -2.11. The summed E-state index contributed by atoms with van der Waals surface area (Å²) in [4.78, 5) is 22.6. The summed E-state index contributed by atoms with van der Waals surface area (Å²) in [5.74, 6) is -1.21. The Morgan fingerprint density at radius 2 is 2.00 bits per heavy atom. The molecule has 0 saturated heterocycles. The molecule has 0 saturated carbocycles. The van der Waals surface area contributed by atoms with E-state index in [4.69, 9.17) is 16.7 Å². The molecule has 0 aliphatic carbocycles. The summed E-state index contributed by atoms with van der Waals surface area (Å²) in [7, 11) is 0. The molecule has 0 spiro atoms. The average Bonchev–Trinajstić information content (AvgIpc) is 2.36. The minimum atomic E-state index is -1.11. The molecule has 0 unspecified atom stereocenters. The summed E-state index contributed by atoms with van der Waals surface area (Å²) in [6, 6.07) is 4.44. The normalized spacial score (nSPS) is 10.2. The van der Waals surface area contributed by atoms with Crippen LogP contribution in [-0.4, -0.2) is 17.0 Å². The molecule has 4 nitrogen and oxygen atoms in total. The molecule has 0 heterocycles. The molecule has 0 fully saturated rings. The number of halogens is 1. The molecule has 0 radical (unpaired) electrons. The van der Waals surface area contributed by atoms with Crippen molar-refractivity contribution in [3.8, 4) is 0 Å². The van der Waals surface area contributed by atoms with Gasteiger partial charge < -0.3 is 10.4 Å². The van der Waals surface area contributed by atoms with Crippen molar-refractivity contribution in [2.24, 2.45) is 0 Å². The van der Waals surface area contributed by atoms with E-state index in [0.29, 0.717) is 12.1 Å². The molecule has 19 heavy (non-hydrogen) atoms. The van der Waals surface area contributed by atoms with Crippen LogP contribution in [0.1, 0.15) is 49.4 Å². The van der Waals surface area contributed by atoms with Crippen molar-refractivity contribution in [2.45, 2.75) is 39.0 Å². The van der Waals surface area contributed by atoms with Crippen molar-refractivity contribution in [2.75, 3.05) is 5.32 Å². The number of carbonyl (C=O) groups is 2. The molecular weight excluding hydrogens is 266 g/mol. The molecule has 0 aliphatic rings. The number of anilines is 1. The van der Waals surface area contributed by atoms with Crippen molar-refractivity contribution in [3.05, 3.63) is 28.8 Å². The van der Waals surface area contributed by atoms with Crippen molar-refractivity contribution in [1.29, 1.82) is 0 Å². The van der Waals surface area contributed by atoms with Crippen molar-refractivity contribution in [1.82, 2.24) is 0 Å². The molecule has 0 atom stereocenters. The molecule has 5 heteroatoms. The summed E-state index contributed by atoms with van der Waals surface area (Å²) in [5, 5.41) is 11.8. The number of amides is 1. The van der Waals surface area contributed by atoms with Crippen LogP contribution in [0.5, 0.6) is 0 Å². The third-order valence-electron chi connectivity index (χ3n) is 2.74. The summed E-state index contributed by atoms with van der Waals surface area (Å²) >= 11 is 5.75. The number of hydrogen-bond donors (Lipinski definition) is 2. The van der Waals surface area contributed by atoms with Crippen LogP contribution in [0.15, 0.2) is 18.2 Å². The summed E-state index contributed by atoms with van der Waals surface area (Å²) < 4.78 is 0. The lowest BCUT2D eigenvalue weighted by Gasteiger charge is -2.07. The maximum atomic E-state index is 11.7. The first-order valence-electron chi connectivity index (χ1n) is 6.37. The Kier molecular flexibility index (Phi) is 6.36. The highest BCUT2D eigenvalue weighted by molar-refractivity contribution is 6.33. The van der Waals surface area contributed by atoms with Gasteiger partial charge in [-0.2, -0.15) is 0 Å². The van der Waals surface area contributed by atoms with Gasteiger partial charge in [0, 0.05) is 12.1 Å². The molecule has 2 N–H and O–H groups in total. The largest absolute Gasteiger partial charge is 0.478 e. The maximum Gasteiger partial charge on any atom is 0.337 e. The first-order valence-corrected chi connectivity index (χ1v) is 6.75. The monoisotopic (exact) mass is 283 g/mol. The number of rotatable bonds is 7. The van der Waals surface area contributed by atoms with Crippen LogP contribution in [0.25, 0.3) is 0 Å². The SMILES string of the molecule is CCCCCCC(=O)Nc1ccc(Cl)c(C(=O)O)c1. The molecule has 1 aromatic rings. The predicted octanol–water partition coefficient (Wildman–Crippen LogP) is 3.95. The Balaban J connectivity index is 2.55. The third-order valence-corrected chi connectivity index (χ3v) is 3.07. The topological polar surface area (TPSA) is 66.4 Å². The van der Waals surface area contributed by atoms with Crippen LogP contribution in [0.2, 0.25) is 5.02 Å². The zero-order valence-electron chi connectivity index (χ0n) is 10.9. The first-order chi connectivity index (χ1) is 9.04. The Morgan fingerprint density at radius 1 is 1.26 bits per heavy atom. The van der Waals surface area contributed by atoms with Crippen LogP contribution >= 0.6 is 11.6 Å². The second-order valence-corrected chi connectivity index (χ2v) is 4.77.